The number of hydrogen-bond acceptors (Lipinski definition) is 6. The van der Waals surface area contributed by atoms with Gasteiger partial charge in [0.15, 0.2) is 0 Å². The van der Waals surface area contributed by atoms with Crippen LogP contribution < -0.4 is 14.2 Å². The highest BCUT2D eigenvalue weighted by atomic mass is 32.2. The van der Waals surface area contributed by atoms with Gasteiger partial charge in [0.25, 0.3) is 5.91 Å². The van der Waals surface area contributed by atoms with Crippen LogP contribution in [-0.2, 0) is 14.9 Å². The summed E-state index contributed by atoms with van der Waals surface area (Å²) in [5.74, 6) is 0.0163. The van der Waals surface area contributed by atoms with Crippen molar-refractivity contribution < 1.29 is 22.1 Å². The molecule has 0 saturated heterocycles. The maximum atomic E-state index is 12.6. The summed E-state index contributed by atoms with van der Waals surface area (Å²) < 4.78 is 35.8. The Bertz CT molecular complexity index is 1260. The molecule has 0 fully saturated rings. The van der Waals surface area contributed by atoms with E-state index < -0.39 is 16.0 Å². The molecule has 0 atom stereocenters. The smallest absolute Gasteiger partial charge is 0.339 e. The van der Waals surface area contributed by atoms with Crippen molar-refractivity contribution in [3.8, 4) is 17.6 Å². The molecule has 32 heavy (non-hydrogen) atoms. The van der Waals surface area contributed by atoms with Crippen LogP contribution >= 0.6 is 0 Å². The van der Waals surface area contributed by atoms with Crippen LogP contribution in [0.3, 0.4) is 0 Å². The minimum Gasteiger partial charge on any atom is -0.494 e. The first kappa shape index (κ1) is 22.6. The summed E-state index contributed by atoms with van der Waals surface area (Å²) in [4.78, 5) is 12.6. The Morgan fingerprint density at radius 2 is 1.66 bits per heavy atom. The number of rotatable bonds is 8. The third-order valence-electron chi connectivity index (χ3n) is 4.24. The molecule has 0 unspecified atom stereocenters. The maximum Gasteiger partial charge on any atom is 0.339 e. The molecule has 1 N–H and O–H groups in total. The Morgan fingerprint density at radius 1 is 1.00 bits per heavy atom. The number of nitriles is 1. The van der Waals surface area contributed by atoms with Gasteiger partial charge in [-0.1, -0.05) is 36.4 Å². The molecule has 7 nitrogen and oxygen atoms in total. The second kappa shape index (κ2) is 10.3. The van der Waals surface area contributed by atoms with Crippen molar-refractivity contribution in [2.45, 2.75) is 11.8 Å². The van der Waals surface area contributed by atoms with Gasteiger partial charge in [0.2, 0.25) is 0 Å². The van der Waals surface area contributed by atoms with Gasteiger partial charge in [-0.3, -0.25) is 4.79 Å². The molecule has 8 heteroatoms. The monoisotopic (exact) mass is 448 g/mol. The second-order valence-electron chi connectivity index (χ2n) is 6.47. The predicted octanol–water partition coefficient (Wildman–Crippen LogP) is 4.40. The predicted molar refractivity (Wildman–Crippen MR) is 121 cm³/mol. The number of carbonyl (C=O) groups excluding carboxylic acids is 1. The number of benzene rings is 3. The average Bonchev–Trinajstić information content (AvgIpc) is 2.80. The minimum absolute atomic E-state index is 0.00188. The van der Waals surface area contributed by atoms with Gasteiger partial charge >= 0.3 is 10.1 Å². The van der Waals surface area contributed by atoms with E-state index in [2.05, 4.69) is 5.32 Å². The molecule has 3 aromatic carbocycles. The molecule has 162 valence electrons. The molecule has 0 saturated carbocycles. The number of anilines is 1. The van der Waals surface area contributed by atoms with Crippen LogP contribution in [0.4, 0.5) is 5.69 Å². The molecule has 0 aromatic heterocycles. The maximum absolute atomic E-state index is 12.6. The van der Waals surface area contributed by atoms with E-state index in [0.717, 1.165) is 0 Å². The molecular formula is C24H20N2O5S. The van der Waals surface area contributed by atoms with Gasteiger partial charge in [0.05, 0.1) is 6.61 Å². The number of nitrogens with one attached hydrogen (secondary N) is 1. The molecule has 0 radical (unpaired) electrons. The van der Waals surface area contributed by atoms with Crippen LogP contribution in [-0.4, -0.2) is 20.9 Å². The van der Waals surface area contributed by atoms with Gasteiger partial charge in [-0.15, -0.1) is 0 Å². The summed E-state index contributed by atoms with van der Waals surface area (Å²) in [6.45, 7) is 2.39. The van der Waals surface area contributed by atoms with E-state index in [4.69, 9.17) is 8.92 Å². The highest BCUT2D eigenvalue weighted by Gasteiger charge is 2.18. The van der Waals surface area contributed by atoms with Gasteiger partial charge in [-0.2, -0.15) is 13.7 Å². The van der Waals surface area contributed by atoms with Crippen molar-refractivity contribution >= 4 is 27.8 Å². The fourth-order valence-electron chi connectivity index (χ4n) is 2.73. The summed E-state index contributed by atoms with van der Waals surface area (Å²) in [6, 6.07) is 22.5. The van der Waals surface area contributed by atoms with Crippen LogP contribution in [0.15, 0.2) is 89.3 Å². The fraction of sp³-hybridized carbons (Fsp3) is 0.0833. The summed E-state index contributed by atoms with van der Waals surface area (Å²) >= 11 is 0. The zero-order chi connectivity index (χ0) is 23.0. The van der Waals surface area contributed by atoms with Crippen LogP contribution in [0.2, 0.25) is 0 Å². The first-order chi connectivity index (χ1) is 15.4. The van der Waals surface area contributed by atoms with Gasteiger partial charge in [-0.05, 0) is 55.5 Å². The Labute approximate surface area is 186 Å². The normalized spacial score (nSPS) is 11.3. The summed E-state index contributed by atoms with van der Waals surface area (Å²) in [7, 11) is -4.08. The molecule has 1 amide bonds. The first-order valence-electron chi connectivity index (χ1n) is 9.67. The van der Waals surface area contributed by atoms with E-state index in [1.165, 1.54) is 24.3 Å². The number of ether oxygens (including phenoxy) is 1. The number of nitrogens with zero attached hydrogens (tertiary/aromatic N) is 1. The van der Waals surface area contributed by atoms with E-state index in [-0.39, 0.29) is 21.8 Å². The Balaban J connectivity index is 1.83. The number of carbonyl (C=O) groups is 1. The summed E-state index contributed by atoms with van der Waals surface area (Å²) in [5, 5.41) is 12.1. The zero-order valence-electron chi connectivity index (χ0n) is 17.2. The van der Waals surface area contributed by atoms with Crippen molar-refractivity contribution in [2.24, 2.45) is 0 Å². The zero-order valence-corrected chi connectivity index (χ0v) is 18.0. The van der Waals surface area contributed by atoms with Gasteiger partial charge in [-0.25, -0.2) is 0 Å². The molecule has 3 aromatic rings. The molecule has 0 aliphatic rings. The van der Waals surface area contributed by atoms with Crippen LogP contribution in [0, 0.1) is 11.3 Å². The SMILES string of the molecule is CCOc1ccc(NC(=O)/C(C#N)=C/c2ccccc2OS(=O)(=O)c2ccccc2)cc1. The van der Waals surface area contributed by atoms with Crippen molar-refractivity contribution in [3.63, 3.8) is 0 Å². The van der Waals surface area contributed by atoms with Gasteiger partial charge in [0.1, 0.15) is 28.0 Å². The lowest BCUT2D eigenvalue weighted by Gasteiger charge is -2.10. The van der Waals surface area contributed by atoms with E-state index in [1.807, 2.05) is 13.0 Å². The third-order valence-corrected chi connectivity index (χ3v) is 5.49. The van der Waals surface area contributed by atoms with Crippen molar-refractivity contribution in [2.75, 3.05) is 11.9 Å². The lowest BCUT2D eigenvalue weighted by atomic mass is 10.1. The summed E-state index contributed by atoms with van der Waals surface area (Å²) in [6.07, 6.45) is 1.28. The third kappa shape index (κ3) is 5.74. The topological polar surface area (TPSA) is 105 Å². The molecule has 0 spiro atoms. The first-order valence-corrected chi connectivity index (χ1v) is 11.1. The highest BCUT2D eigenvalue weighted by molar-refractivity contribution is 7.87. The van der Waals surface area contributed by atoms with Gasteiger partial charge in [0, 0.05) is 11.3 Å². The molecule has 0 heterocycles. The van der Waals surface area contributed by atoms with E-state index >= 15 is 0 Å². The van der Waals surface area contributed by atoms with E-state index in [9.17, 15) is 18.5 Å². The van der Waals surface area contributed by atoms with Crippen LogP contribution in [0.1, 0.15) is 12.5 Å². The minimum atomic E-state index is -4.08. The number of amides is 1. The van der Waals surface area contributed by atoms with Crippen molar-refractivity contribution in [1.82, 2.24) is 0 Å². The van der Waals surface area contributed by atoms with Crippen molar-refractivity contribution in [1.29, 1.82) is 5.26 Å². The average molecular weight is 449 g/mol. The Hall–Kier alpha value is -4.09. The van der Waals surface area contributed by atoms with Gasteiger partial charge < -0.3 is 14.2 Å². The number of hydrogen-bond donors (Lipinski definition) is 1. The fourth-order valence-corrected chi connectivity index (χ4v) is 3.71. The highest BCUT2D eigenvalue weighted by Crippen LogP contribution is 2.25. The molecular weight excluding hydrogens is 428 g/mol. The van der Waals surface area contributed by atoms with Crippen LogP contribution in [0.25, 0.3) is 6.08 Å². The number of para-hydroxylation sites is 1. The van der Waals surface area contributed by atoms with Crippen LogP contribution in [0.5, 0.6) is 11.5 Å². The lowest BCUT2D eigenvalue weighted by Crippen LogP contribution is -2.14. The largest absolute Gasteiger partial charge is 0.494 e. The summed E-state index contributed by atoms with van der Waals surface area (Å²) in [5.41, 5.74) is 0.535. The Morgan fingerprint density at radius 3 is 2.31 bits per heavy atom. The molecule has 0 aliphatic heterocycles. The quantitative estimate of drug-likeness (QED) is 0.311. The molecule has 0 aliphatic carbocycles. The van der Waals surface area contributed by atoms with E-state index in [0.29, 0.717) is 18.0 Å². The Kier molecular flexibility index (Phi) is 7.26. The standard InChI is InChI=1S/C24H20N2O5S/c1-2-30-21-14-12-20(13-15-21)26-24(27)19(17-25)16-18-8-6-7-11-23(18)31-32(28,29)22-9-4-3-5-10-22/h3-16H,2H2,1H3,(H,26,27)/b19-16+. The lowest BCUT2D eigenvalue weighted by molar-refractivity contribution is -0.112. The van der Waals surface area contributed by atoms with Crippen molar-refractivity contribution in [3.05, 3.63) is 90.0 Å². The second-order valence-corrected chi connectivity index (χ2v) is 8.02. The molecule has 3 rings (SSSR count). The van der Waals surface area contributed by atoms with E-state index in [1.54, 1.807) is 60.7 Å². The molecule has 0 bridgehead atoms.